The van der Waals surface area contributed by atoms with Crippen molar-refractivity contribution >= 4 is 36.1 Å². The maximum Gasteiger partial charge on any atom is 0.410 e. The summed E-state index contributed by atoms with van der Waals surface area (Å²) < 4.78 is 73.9. The normalized spacial score (nSPS) is 18.1. The van der Waals surface area contributed by atoms with E-state index in [9.17, 15) is 41.8 Å². The van der Waals surface area contributed by atoms with E-state index in [-0.39, 0.29) is 48.1 Å². The molecule has 2 N–H and O–H groups in total. The molecule has 0 radical (unpaired) electrons. The number of aliphatic hydroxyl groups excluding tert-OH is 1. The van der Waals surface area contributed by atoms with Crippen LogP contribution in [0.5, 0.6) is 11.5 Å². The Bertz CT molecular complexity index is 2700. The molecule has 4 saturated heterocycles. The van der Waals surface area contributed by atoms with Crippen LogP contribution in [0.3, 0.4) is 0 Å². The number of piperidine rings is 4. The van der Waals surface area contributed by atoms with E-state index < -0.39 is 34.8 Å². The summed E-state index contributed by atoms with van der Waals surface area (Å²) in [7, 11) is 3.43. The smallest absolute Gasteiger partial charge is 0.410 e. The van der Waals surface area contributed by atoms with Crippen molar-refractivity contribution in [2.24, 2.45) is 11.8 Å². The Hall–Kier alpha value is -6.76. The molecule has 14 nitrogen and oxygen atoms in total. The second-order valence-electron chi connectivity index (χ2n) is 21.9. The van der Waals surface area contributed by atoms with Crippen LogP contribution in [-0.2, 0) is 23.9 Å². The molecule has 2 atom stereocenters. The van der Waals surface area contributed by atoms with Gasteiger partial charge in [-0.05, 0) is 200 Å². The number of amides is 2. The average molecular weight is 1130 g/mol. The number of carboxylic acids is 1. The summed E-state index contributed by atoms with van der Waals surface area (Å²) in [6, 6.07) is 22.3. The molecule has 4 aliphatic heterocycles. The lowest BCUT2D eigenvalue weighted by atomic mass is 9.84. The van der Waals surface area contributed by atoms with E-state index >= 15 is 0 Å². The van der Waals surface area contributed by atoms with Gasteiger partial charge in [0.1, 0.15) is 46.4 Å². The summed E-state index contributed by atoms with van der Waals surface area (Å²) >= 11 is 0. The largest absolute Gasteiger partial charge is 0.496 e. The van der Waals surface area contributed by atoms with E-state index in [1.807, 2.05) is 52.0 Å². The van der Waals surface area contributed by atoms with Gasteiger partial charge in [0.25, 0.3) is 0 Å². The Balaban J connectivity index is 0.000000215. The molecule has 8 rings (SSSR count). The maximum atomic E-state index is 13.4. The van der Waals surface area contributed by atoms with Crippen molar-refractivity contribution in [3.63, 3.8) is 0 Å². The first kappa shape index (κ1) is 63.4. The van der Waals surface area contributed by atoms with Gasteiger partial charge in [-0.2, -0.15) is 0 Å². The van der Waals surface area contributed by atoms with Crippen LogP contribution in [0.15, 0.2) is 97.1 Å². The number of carbonyl (C=O) groups is 4. The number of aliphatic hydroxyl groups is 1. The van der Waals surface area contributed by atoms with Gasteiger partial charge in [-0.25, -0.2) is 27.2 Å². The number of rotatable bonds is 15. The molecule has 2 unspecified atom stereocenters. The zero-order chi connectivity index (χ0) is 58.6. The number of likely N-dealkylation sites (tertiary alicyclic amines) is 4. The monoisotopic (exact) mass is 1130 g/mol. The van der Waals surface area contributed by atoms with Crippen LogP contribution < -0.4 is 9.47 Å². The predicted molar refractivity (Wildman–Crippen MR) is 303 cm³/mol. The molecule has 81 heavy (non-hydrogen) atoms. The number of benzene rings is 4. The van der Waals surface area contributed by atoms with Crippen LogP contribution in [-0.4, -0.2) is 151 Å². The molecule has 0 spiro atoms. The van der Waals surface area contributed by atoms with Crippen molar-refractivity contribution < 1.29 is 65.9 Å². The van der Waals surface area contributed by atoms with Gasteiger partial charge in [-0.3, -0.25) is 19.4 Å². The standard InChI is InChI=1S/C28H34F2N2O3.C26H40N2O5.C9H6F2O2/c1-35-27-5-3-2-4-25(27)21-8-12-31(13-9-21)26(19-33)22-10-14-32(15-11-22)28(34)7-6-20-16-23(29)18-24(30)17-20;1-6-32-24(29)23(20-13-17-28(18-14-20)25(30)33-26(2,3)4)27-15-11-19(12-16-27)21-9-7-8-10-22(21)31-5;10-7-3-6(1-2-9(12)13)4-8(11)5-7/h2-7,16-18,21-22,26,33H,8-15,19H2,1H3;7-10,19-20,23H,6,11-18H2,1-5H3;1-5H,(H,12,13)/b7-6+;;2-1+. The minimum Gasteiger partial charge on any atom is -0.496 e. The lowest BCUT2D eigenvalue weighted by molar-refractivity contribution is -0.153. The predicted octanol–water partition coefficient (Wildman–Crippen LogP) is 11.0. The number of carbonyl (C=O) groups excluding carboxylic acids is 3. The molecule has 4 aromatic rings. The van der Waals surface area contributed by atoms with Crippen molar-refractivity contribution in [1.82, 2.24) is 19.6 Å². The van der Waals surface area contributed by atoms with Gasteiger partial charge in [-0.15, -0.1) is 0 Å². The minimum absolute atomic E-state index is 0.0942. The second kappa shape index (κ2) is 30.9. The Kier molecular flexibility index (Phi) is 24.2. The average Bonchev–Trinajstić information content (AvgIpc) is 3.46. The van der Waals surface area contributed by atoms with Crippen LogP contribution in [0.25, 0.3) is 12.2 Å². The van der Waals surface area contributed by atoms with E-state index in [1.54, 1.807) is 24.0 Å². The fourth-order valence-corrected chi connectivity index (χ4v) is 11.5. The maximum absolute atomic E-state index is 13.4. The first-order chi connectivity index (χ1) is 38.8. The van der Waals surface area contributed by atoms with Crippen molar-refractivity contribution in [3.8, 4) is 11.5 Å². The first-order valence-corrected chi connectivity index (χ1v) is 28.1. The number of aliphatic carboxylic acids is 1. The molecule has 4 heterocycles. The zero-order valence-corrected chi connectivity index (χ0v) is 47.5. The number of carboxylic acid groups (broad SMARTS) is 1. The van der Waals surface area contributed by atoms with E-state index in [4.69, 9.17) is 24.1 Å². The fourth-order valence-electron chi connectivity index (χ4n) is 11.5. The van der Waals surface area contributed by atoms with Crippen LogP contribution in [0.2, 0.25) is 0 Å². The number of nitrogens with zero attached hydrogens (tertiary/aromatic N) is 4. The fraction of sp³-hybridized carbons (Fsp3) is 0.492. The molecule has 2 amide bonds. The van der Waals surface area contributed by atoms with Crippen molar-refractivity contribution in [2.45, 2.75) is 109 Å². The Morgan fingerprint density at radius 3 is 1.47 bits per heavy atom. The van der Waals surface area contributed by atoms with E-state index in [1.165, 1.54) is 35.4 Å². The Morgan fingerprint density at radius 1 is 0.605 bits per heavy atom. The van der Waals surface area contributed by atoms with Gasteiger partial charge in [-0.1, -0.05) is 36.4 Å². The van der Waals surface area contributed by atoms with Gasteiger partial charge >= 0.3 is 18.0 Å². The van der Waals surface area contributed by atoms with Crippen molar-refractivity contribution in [1.29, 1.82) is 0 Å². The number of esters is 1. The topological polar surface area (TPSA) is 159 Å². The number of ether oxygens (including phenoxy) is 4. The molecule has 0 aromatic heterocycles. The van der Waals surface area contributed by atoms with E-state index in [0.29, 0.717) is 56.1 Å². The molecule has 0 saturated carbocycles. The highest BCUT2D eigenvalue weighted by atomic mass is 19.1. The Labute approximate surface area is 474 Å². The molecule has 4 aliphatic rings. The van der Waals surface area contributed by atoms with Crippen LogP contribution in [0.4, 0.5) is 22.4 Å². The van der Waals surface area contributed by atoms with Crippen molar-refractivity contribution in [2.75, 3.05) is 79.8 Å². The molecule has 0 bridgehead atoms. The molecule has 440 valence electrons. The van der Waals surface area contributed by atoms with Gasteiger partial charge < -0.3 is 39.0 Å². The number of hydrogen-bond donors (Lipinski definition) is 2. The molecule has 0 aliphatic carbocycles. The Morgan fingerprint density at radius 2 is 1.04 bits per heavy atom. The SMILES string of the molecule is CCOC(=O)C(C1CCN(C(=O)OC(C)(C)C)CC1)N1CCC(c2ccccc2OC)CC1.COc1ccccc1C1CCN(C(CO)C2CCN(C(=O)/C=C/c3cc(F)cc(F)c3)CC2)CC1.O=C(O)/C=C/c1cc(F)cc(F)c1. The van der Waals surface area contributed by atoms with Crippen LogP contribution >= 0.6 is 0 Å². The number of halogens is 4. The van der Waals surface area contributed by atoms with E-state index in [2.05, 4.69) is 34.1 Å². The highest BCUT2D eigenvalue weighted by Crippen LogP contribution is 2.38. The highest BCUT2D eigenvalue weighted by molar-refractivity contribution is 5.91. The summed E-state index contributed by atoms with van der Waals surface area (Å²) in [4.78, 5) is 56.4. The minimum atomic E-state index is -1.16. The molecular weight excluding hydrogens is 1050 g/mol. The lowest BCUT2D eigenvalue weighted by Gasteiger charge is -2.43. The third kappa shape index (κ3) is 19.2. The van der Waals surface area contributed by atoms with Crippen LogP contribution in [0.1, 0.15) is 113 Å². The quantitative estimate of drug-likeness (QED) is 0.0660. The summed E-state index contributed by atoms with van der Waals surface area (Å²) in [5.74, 6) is -0.993. The van der Waals surface area contributed by atoms with Crippen molar-refractivity contribution in [3.05, 3.63) is 143 Å². The second-order valence-corrected chi connectivity index (χ2v) is 21.9. The lowest BCUT2D eigenvalue weighted by Crippen LogP contribution is -2.53. The van der Waals surface area contributed by atoms with Crippen LogP contribution in [0, 0.1) is 35.1 Å². The number of methoxy groups -OCH3 is 2. The summed E-state index contributed by atoms with van der Waals surface area (Å²) in [5.41, 5.74) is 2.50. The zero-order valence-electron chi connectivity index (χ0n) is 47.5. The number of hydrogen-bond acceptors (Lipinski definition) is 11. The molecule has 4 aromatic carbocycles. The molecular formula is C63H80F4N4O10. The third-order valence-corrected chi connectivity index (χ3v) is 15.4. The highest BCUT2D eigenvalue weighted by Gasteiger charge is 2.40. The molecule has 4 fully saturated rings. The third-order valence-electron chi connectivity index (χ3n) is 15.4. The summed E-state index contributed by atoms with van der Waals surface area (Å²) in [5, 5.41) is 18.5. The van der Waals surface area contributed by atoms with E-state index in [0.717, 1.165) is 125 Å². The summed E-state index contributed by atoms with van der Waals surface area (Å²) in [6.45, 7) is 14.0. The first-order valence-electron chi connectivity index (χ1n) is 28.1. The van der Waals surface area contributed by atoms with Gasteiger partial charge in [0.2, 0.25) is 5.91 Å². The van der Waals surface area contributed by atoms with Gasteiger partial charge in [0.15, 0.2) is 0 Å². The summed E-state index contributed by atoms with van der Waals surface area (Å²) in [6.07, 6.45) is 11.7. The van der Waals surface area contributed by atoms with Gasteiger partial charge in [0.05, 0.1) is 27.4 Å². The number of para-hydroxylation sites is 2. The molecule has 18 heteroatoms. The van der Waals surface area contributed by atoms with Gasteiger partial charge in [0, 0.05) is 56.5 Å².